The zero-order valence-corrected chi connectivity index (χ0v) is 17.5. The van der Waals surface area contributed by atoms with E-state index in [-0.39, 0.29) is 23.4 Å². The van der Waals surface area contributed by atoms with Crippen molar-refractivity contribution >= 4 is 15.9 Å². The second-order valence-corrected chi connectivity index (χ2v) is 9.59. The highest BCUT2D eigenvalue weighted by Crippen LogP contribution is 2.29. The molecule has 1 fully saturated rings. The fourth-order valence-electron chi connectivity index (χ4n) is 3.69. The van der Waals surface area contributed by atoms with Gasteiger partial charge in [0, 0.05) is 18.2 Å². The molecule has 3 atom stereocenters. The summed E-state index contributed by atoms with van der Waals surface area (Å²) in [7, 11) is -3.73. The Morgan fingerprint density at radius 2 is 1.69 bits per heavy atom. The lowest BCUT2D eigenvalue weighted by Gasteiger charge is -2.34. The van der Waals surface area contributed by atoms with Crippen LogP contribution in [0.15, 0.2) is 53.4 Å². The summed E-state index contributed by atoms with van der Waals surface area (Å²) in [6.45, 7) is 4.49. The molecule has 1 aliphatic rings. The van der Waals surface area contributed by atoms with Crippen molar-refractivity contribution in [1.29, 1.82) is 0 Å². The monoisotopic (exact) mass is 418 g/mol. The van der Waals surface area contributed by atoms with Gasteiger partial charge in [-0.2, -0.15) is 0 Å². The van der Waals surface area contributed by atoms with Crippen LogP contribution in [0.3, 0.4) is 0 Å². The van der Waals surface area contributed by atoms with Crippen LogP contribution in [-0.4, -0.2) is 20.4 Å². The van der Waals surface area contributed by atoms with Crippen molar-refractivity contribution in [2.75, 3.05) is 0 Å². The molecule has 0 radical (unpaired) electrons. The smallest absolute Gasteiger partial charge is 0.251 e. The molecule has 0 aliphatic heterocycles. The lowest BCUT2D eigenvalue weighted by Crippen LogP contribution is -2.43. The van der Waals surface area contributed by atoms with Crippen molar-refractivity contribution in [1.82, 2.24) is 10.0 Å². The number of carbonyl (C=O) groups excluding carboxylic acids is 1. The first kappa shape index (κ1) is 21.5. The zero-order valence-electron chi connectivity index (χ0n) is 16.7. The lowest BCUT2D eigenvalue weighted by molar-refractivity contribution is 0.0891. The van der Waals surface area contributed by atoms with E-state index in [4.69, 9.17) is 0 Å². The number of nitrogens with one attached hydrogen (secondary N) is 2. The Labute approximate surface area is 171 Å². The van der Waals surface area contributed by atoms with E-state index in [2.05, 4.69) is 23.9 Å². The van der Waals surface area contributed by atoms with E-state index in [1.807, 2.05) is 0 Å². The highest BCUT2D eigenvalue weighted by Gasteiger charge is 2.28. The lowest BCUT2D eigenvalue weighted by atomic mass is 9.78. The summed E-state index contributed by atoms with van der Waals surface area (Å²) >= 11 is 0. The van der Waals surface area contributed by atoms with Crippen LogP contribution in [0, 0.1) is 17.7 Å². The zero-order chi connectivity index (χ0) is 21.0. The quantitative estimate of drug-likeness (QED) is 0.748. The molecule has 0 spiro atoms. The normalized spacial score (nSPS) is 22.2. The van der Waals surface area contributed by atoms with Gasteiger partial charge in [-0.3, -0.25) is 4.79 Å². The molecule has 1 aliphatic carbocycles. The van der Waals surface area contributed by atoms with Gasteiger partial charge >= 0.3 is 0 Å². The first-order valence-electron chi connectivity index (χ1n) is 9.91. The Bertz CT molecular complexity index is 943. The molecule has 7 heteroatoms. The molecule has 0 bridgehead atoms. The van der Waals surface area contributed by atoms with Gasteiger partial charge in [-0.25, -0.2) is 17.5 Å². The maximum atomic E-state index is 13.0. The van der Waals surface area contributed by atoms with Gasteiger partial charge in [0.25, 0.3) is 5.91 Å². The number of hydrogen-bond donors (Lipinski definition) is 2. The Morgan fingerprint density at radius 3 is 2.34 bits per heavy atom. The first-order chi connectivity index (χ1) is 13.8. The van der Waals surface area contributed by atoms with Gasteiger partial charge < -0.3 is 5.32 Å². The predicted molar refractivity (Wildman–Crippen MR) is 110 cm³/mol. The standard InChI is InChI=1S/C22H27FN2O3S/c1-15-4-3-5-21(16(15)2)25-22(26)18-8-6-17(7-9-18)14-24-29(27,28)20-12-10-19(23)11-13-20/h6-13,15-16,21,24H,3-5,14H2,1-2H3,(H,25,26). The number of rotatable bonds is 6. The van der Waals surface area contributed by atoms with Crippen LogP contribution in [0.4, 0.5) is 4.39 Å². The Balaban J connectivity index is 1.58. The predicted octanol–water partition coefficient (Wildman–Crippen LogP) is 3.86. The molecule has 3 rings (SSSR count). The van der Waals surface area contributed by atoms with Crippen LogP contribution in [-0.2, 0) is 16.6 Å². The van der Waals surface area contributed by atoms with Gasteiger partial charge in [-0.1, -0.05) is 38.8 Å². The summed E-state index contributed by atoms with van der Waals surface area (Å²) in [6.07, 6.45) is 3.33. The summed E-state index contributed by atoms with van der Waals surface area (Å²) in [6, 6.07) is 11.7. The highest BCUT2D eigenvalue weighted by molar-refractivity contribution is 7.89. The van der Waals surface area contributed by atoms with Crippen LogP contribution in [0.25, 0.3) is 0 Å². The van der Waals surface area contributed by atoms with Crippen LogP contribution in [0.1, 0.15) is 49.0 Å². The molecule has 2 aromatic carbocycles. The van der Waals surface area contributed by atoms with Crippen molar-refractivity contribution in [3.8, 4) is 0 Å². The summed E-state index contributed by atoms with van der Waals surface area (Å²) in [4.78, 5) is 12.6. The highest BCUT2D eigenvalue weighted by atomic mass is 32.2. The molecule has 29 heavy (non-hydrogen) atoms. The fourth-order valence-corrected chi connectivity index (χ4v) is 4.70. The second-order valence-electron chi connectivity index (χ2n) is 7.82. The van der Waals surface area contributed by atoms with E-state index in [1.165, 1.54) is 18.6 Å². The van der Waals surface area contributed by atoms with Crippen LogP contribution < -0.4 is 10.0 Å². The largest absolute Gasteiger partial charge is 0.349 e. The molecular weight excluding hydrogens is 391 g/mol. The third-order valence-corrected chi connectivity index (χ3v) is 7.25. The van der Waals surface area contributed by atoms with Crippen LogP contribution in [0.5, 0.6) is 0 Å². The van der Waals surface area contributed by atoms with Crippen molar-refractivity contribution in [3.63, 3.8) is 0 Å². The fraction of sp³-hybridized carbons (Fsp3) is 0.409. The third kappa shape index (κ3) is 5.42. The van der Waals surface area contributed by atoms with E-state index in [9.17, 15) is 17.6 Å². The molecule has 0 saturated heterocycles. The van der Waals surface area contributed by atoms with Gasteiger partial charge in [0.2, 0.25) is 10.0 Å². The Morgan fingerprint density at radius 1 is 1.03 bits per heavy atom. The second kappa shape index (κ2) is 9.05. The van der Waals surface area contributed by atoms with Crippen molar-refractivity contribution in [2.45, 2.75) is 50.6 Å². The number of sulfonamides is 1. The number of carbonyl (C=O) groups is 1. The maximum Gasteiger partial charge on any atom is 0.251 e. The summed E-state index contributed by atoms with van der Waals surface area (Å²) in [5.74, 6) is 0.461. The molecule has 3 unspecified atom stereocenters. The van der Waals surface area contributed by atoms with Gasteiger partial charge in [-0.15, -0.1) is 0 Å². The topological polar surface area (TPSA) is 75.3 Å². The van der Waals surface area contributed by atoms with Gasteiger partial charge in [0.1, 0.15) is 5.82 Å². The molecule has 156 valence electrons. The van der Waals surface area contributed by atoms with Gasteiger partial charge in [0.15, 0.2) is 0 Å². The number of hydrogen-bond acceptors (Lipinski definition) is 3. The summed E-state index contributed by atoms with van der Waals surface area (Å²) in [5.41, 5.74) is 1.28. The number of halogens is 1. The molecule has 0 heterocycles. The molecule has 2 aromatic rings. The van der Waals surface area contributed by atoms with Crippen LogP contribution in [0.2, 0.25) is 0 Å². The molecule has 2 N–H and O–H groups in total. The van der Waals surface area contributed by atoms with Gasteiger partial charge in [-0.05, 0) is 60.2 Å². The molecule has 5 nitrogen and oxygen atoms in total. The Hall–Kier alpha value is -2.25. The minimum Gasteiger partial charge on any atom is -0.349 e. The van der Waals surface area contributed by atoms with E-state index in [1.54, 1.807) is 24.3 Å². The molecule has 1 saturated carbocycles. The van der Waals surface area contributed by atoms with E-state index in [0.717, 1.165) is 30.5 Å². The van der Waals surface area contributed by atoms with Crippen molar-refractivity contribution in [2.24, 2.45) is 11.8 Å². The SMILES string of the molecule is CC1CCCC(NC(=O)c2ccc(CNS(=O)(=O)c3ccc(F)cc3)cc2)C1C. The average molecular weight is 419 g/mol. The van der Waals surface area contributed by atoms with Crippen molar-refractivity contribution < 1.29 is 17.6 Å². The third-order valence-electron chi connectivity index (χ3n) is 5.83. The summed E-state index contributed by atoms with van der Waals surface area (Å²) < 4.78 is 40.0. The van der Waals surface area contributed by atoms with E-state index in [0.29, 0.717) is 17.4 Å². The summed E-state index contributed by atoms with van der Waals surface area (Å²) in [5, 5.41) is 3.14. The molecule has 1 amide bonds. The minimum atomic E-state index is -3.73. The average Bonchev–Trinajstić information content (AvgIpc) is 2.70. The number of amides is 1. The molecule has 0 aromatic heterocycles. The minimum absolute atomic E-state index is 0.00530. The Kier molecular flexibility index (Phi) is 6.70. The van der Waals surface area contributed by atoms with Crippen molar-refractivity contribution in [3.05, 3.63) is 65.5 Å². The van der Waals surface area contributed by atoms with Crippen LogP contribution >= 0.6 is 0 Å². The molecular formula is C22H27FN2O3S. The maximum absolute atomic E-state index is 13.0. The number of benzene rings is 2. The first-order valence-corrected chi connectivity index (χ1v) is 11.4. The van der Waals surface area contributed by atoms with E-state index >= 15 is 0 Å². The van der Waals surface area contributed by atoms with Gasteiger partial charge in [0.05, 0.1) is 4.90 Å². The van der Waals surface area contributed by atoms with E-state index < -0.39 is 15.8 Å².